The van der Waals surface area contributed by atoms with Gasteiger partial charge < -0.3 is 10.2 Å². The van der Waals surface area contributed by atoms with Gasteiger partial charge in [0.1, 0.15) is 6.04 Å². The molecule has 0 spiro atoms. The summed E-state index contributed by atoms with van der Waals surface area (Å²) in [6, 6.07) is 19.3. The standard InChI is InChI=1S/C31H34Cl3N3O4S/c1-36(42(40,41)26-15-13-24(32)14-16-26)21-30(38)37(20-23-12-17-27(33)28(34)18-23)29(19-22-8-4-2-5-9-22)31(39)35-25-10-6-3-7-11-25/h2,4-5,8-9,12-18,25,29H,3,6-7,10-11,19-21H2,1H3,(H,35,39)/t29-/m1/s1. The second-order valence-electron chi connectivity index (χ2n) is 10.5. The van der Waals surface area contributed by atoms with Gasteiger partial charge >= 0.3 is 0 Å². The van der Waals surface area contributed by atoms with Crippen LogP contribution in [0.5, 0.6) is 0 Å². The van der Waals surface area contributed by atoms with Gasteiger partial charge in [0, 0.05) is 31.1 Å². The molecule has 4 rings (SSSR count). The Balaban J connectivity index is 1.67. The zero-order chi connectivity index (χ0) is 30.3. The predicted octanol–water partition coefficient (Wildman–Crippen LogP) is 6.36. The SMILES string of the molecule is CN(CC(=O)N(Cc1ccc(Cl)c(Cl)c1)[C@H](Cc1ccccc1)C(=O)NC1CCCCC1)S(=O)(=O)c1ccc(Cl)cc1. The maximum atomic E-state index is 14.0. The van der Waals surface area contributed by atoms with E-state index in [9.17, 15) is 18.0 Å². The number of nitrogens with zero attached hydrogens (tertiary/aromatic N) is 2. The van der Waals surface area contributed by atoms with Gasteiger partial charge in [0.15, 0.2) is 0 Å². The van der Waals surface area contributed by atoms with Crippen LogP contribution in [0.2, 0.25) is 15.1 Å². The van der Waals surface area contributed by atoms with Crippen molar-refractivity contribution in [1.29, 1.82) is 0 Å². The highest BCUT2D eigenvalue weighted by atomic mass is 35.5. The summed E-state index contributed by atoms with van der Waals surface area (Å²) in [5.74, 6) is -0.803. The lowest BCUT2D eigenvalue weighted by Crippen LogP contribution is -2.54. The van der Waals surface area contributed by atoms with Crippen molar-refractivity contribution in [2.45, 2.75) is 62.0 Å². The Bertz CT molecular complexity index is 1480. The third-order valence-electron chi connectivity index (χ3n) is 7.44. The fourth-order valence-electron chi connectivity index (χ4n) is 5.09. The molecule has 1 atom stereocenters. The maximum absolute atomic E-state index is 14.0. The van der Waals surface area contributed by atoms with Gasteiger partial charge in [-0.15, -0.1) is 0 Å². The van der Waals surface area contributed by atoms with Crippen LogP contribution in [0.4, 0.5) is 0 Å². The molecule has 2 amide bonds. The number of carbonyl (C=O) groups excluding carboxylic acids is 2. The van der Waals surface area contributed by atoms with Crippen molar-refractivity contribution in [2.24, 2.45) is 0 Å². The second kappa shape index (κ2) is 14.7. The van der Waals surface area contributed by atoms with Crippen molar-refractivity contribution in [2.75, 3.05) is 13.6 Å². The molecule has 224 valence electrons. The van der Waals surface area contributed by atoms with Gasteiger partial charge in [0.25, 0.3) is 0 Å². The molecule has 3 aromatic carbocycles. The van der Waals surface area contributed by atoms with Crippen LogP contribution in [0.3, 0.4) is 0 Å². The van der Waals surface area contributed by atoms with Crippen molar-refractivity contribution in [1.82, 2.24) is 14.5 Å². The summed E-state index contributed by atoms with van der Waals surface area (Å²) >= 11 is 18.4. The molecule has 0 saturated heterocycles. The molecule has 0 unspecified atom stereocenters. The fourth-order valence-corrected chi connectivity index (χ4v) is 6.65. The molecule has 0 bridgehead atoms. The molecular weight excluding hydrogens is 617 g/mol. The van der Waals surface area contributed by atoms with E-state index < -0.39 is 28.5 Å². The Morgan fingerprint density at radius 3 is 2.19 bits per heavy atom. The van der Waals surface area contributed by atoms with Gasteiger partial charge in [-0.3, -0.25) is 9.59 Å². The monoisotopic (exact) mass is 649 g/mol. The van der Waals surface area contributed by atoms with Crippen LogP contribution in [0, 0.1) is 0 Å². The van der Waals surface area contributed by atoms with E-state index in [1.165, 1.54) is 36.2 Å². The second-order valence-corrected chi connectivity index (χ2v) is 13.8. The third kappa shape index (κ3) is 8.48. The highest BCUT2D eigenvalue weighted by Crippen LogP contribution is 2.25. The minimum Gasteiger partial charge on any atom is -0.352 e. The lowest BCUT2D eigenvalue weighted by molar-refractivity contribution is -0.141. The average molecular weight is 651 g/mol. The molecular formula is C31H34Cl3N3O4S. The van der Waals surface area contributed by atoms with Crippen LogP contribution >= 0.6 is 34.8 Å². The summed E-state index contributed by atoms with van der Waals surface area (Å²) in [5.41, 5.74) is 1.53. The van der Waals surface area contributed by atoms with Crippen LogP contribution in [0.1, 0.15) is 43.2 Å². The Hall–Kier alpha value is -2.62. The van der Waals surface area contributed by atoms with E-state index >= 15 is 0 Å². The molecule has 7 nitrogen and oxygen atoms in total. The topological polar surface area (TPSA) is 86.8 Å². The lowest BCUT2D eigenvalue weighted by atomic mass is 9.94. The van der Waals surface area contributed by atoms with Crippen LogP contribution < -0.4 is 5.32 Å². The lowest BCUT2D eigenvalue weighted by Gasteiger charge is -2.34. The van der Waals surface area contributed by atoms with Gasteiger partial charge in [-0.25, -0.2) is 8.42 Å². The van der Waals surface area contributed by atoms with E-state index in [0.717, 1.165) is 42.0 Å². The molecule has 0 aliphatic heterocycles. The van der Waals surface area contributed by atoms with Crippen molar-refractivity contribution >= 4 is 56.6 Å². The number of likely N-dealkylation sites (N-methyl/N-ethyl adjacent to an activating group) is 1. The summed E-state index contributed by atoms with van der Waals surface area (Å²) in [4.78, 5) is 29.4. The first-order valence-electron chi connectivity index (χ1n) is 13.8. The number of benzene rings is 3. The van der Waals surface area contributed by atoms with Gasteiger partial charge in [-0.2, -0.15) is 4.31 Å². The predicted molar refractivity (Wildman–Crippen MR) is 167 cm³/mol. The molecule has 1 aliphatic carbocycles. The van der Waals surface area contributed by atoms with Crippen LogP contribution in [0.15, 0.2) is 77.7 Å². The number of hydrogen-bond donors (Lipinski definition) is 1. The highest BCUT2D eigenvalue weighted by Gasteiger charge is 2.34. The Labute approximate surface area is 262 Å². The quantitative estimate of drug-likeness (QED) is 0.262. The van der Waals surface area contributed by atoms with Crippen LogP contribution in [-0.4, -0.2) is 55.1 Å². The number of rotatable bonds is 11. The summed E-state index contributed by atoms with van der Waals surface area (Å²) in [7, 11) is -2.67. The van der Waals surface area contributed by atoms with Crippen LogP contribution in [0.25, 0.3) is 0 Å². The zero-order valence-corrected chi connectivity index (χ0v) is 26.4. The minimum absolute atomic E-state index is 0.00844. The Morgan fingerprint density at radius 1 is 0.881 bits per heavy atom. The van der Waals surface area contributed by atoms with Crippen molar-refractivity contribution in [3.05, 3.63) is 99.0 Å². The zero-order valence-electron chi connectivity index (χ0n) is 23.3. The van der Waals surface area contributed by atoms with Gasteiger partial charge in [-0.05, 0) is 60.4 Å². The first kappa shape index (κ1) is 32.3. The van der Waals surface area contributed by atoms with Gasteiger partial charge in [-0.1, -0.05) is 90.5 Å². The van der Waals surface area contributed by atoms with E-state index in [4.69, 9.17) is 34.8 Å². The minimum atomic E-state index is -4.01. The van der Waals surface area contributed by atoms with E-state index in [-0.39, 0.29) is 29.8 Å². The smallest absolute Gasteiger partial charge is 0.243 e. The molecule has 42 heavy (non-hydrogen) atoms. The van der Waals surface area contributed by atoms with E-state index in [2.05, 4.69) is 5.32 Å². The van der Waals surface area contributed by atoms with Crippen molar-refractivity contribution < 1.29 is 18.0 Å². The first-order chi connectivity index (χ1) is 20.0. The summed E-state index contributed by atoms with van der Waals surface area (Å²) in [5, 5.41) is 4.25. The number of halogens is 3. The summed E-state index contributed by atoms with van der Waals surface area (Å²) in [6.45, 7) is -0.450. The van der Waals surface area contributed by atoms with Gasteiger partial charge in [0.05, 0.1) is 21.5 Å². The number of nitrogens with one attached hydrogen (secondary N) is 1. The number of hydrogen-bond acceptors (Lipinski definition) is 4. The molecule has 1 fully saturated rings. The largest absolute Gasteiger partial charge is 0.352 e. The van der Waals surface area contributed by atoms with Crippen molar-refractivity contribution in [3.8, 4) is 0 Å². The maximum Gasteiger partial charge on any atom is 0.243 e. The molecule has 0 radical (unpaired) electrons. The van der Waals surface area contributed by atoms with Gasteiger partial charge in [0.2, 0.25) is 21.8 Å². The molecule has 11 heteroatoms. The molecule has 0 aromatic heterocycles. The summed E-state index contributed by atoms with van der Waals surface area (Å²) in [6.07, 6.45) is 5.22. The number of amides is 2. The Kier molecular flexibility index (Phi) is 11.3. The fraction of sp³-hybridized carbons (Fsp3) is 0.355. The number of carbonyl (C=O) groups is 2. The van der Waals surface area contributed by atoms with Crippen molar-refractivity contribution in [3.63, 3.8) is 0 Å². The third-order valence-corrected chi connectivity index (χ3v) is 10.2. The highest BCUT2D eigenvalue weighted by molar-refractivity contribution is 7.89. The molecule has 0 heterocycles. The van der Waals surface area contributed by atoms with E-state index in [1.807, 2.05) is 30.3 Å². The summed E-state index contributed by atoms with van der Waals surface area (Å²) < 4.78 is 27.6. The molecule has 1 saturated carbocycles. The number of sulfonamides is 1. The average Bonchev–Trinajstić information content (AvgIpc) is 2.98. The Morgan fingerprint density at radius 2 is 1.55 bits per heavy atom. The molecule has 1 N–H and O–H groups in total. The van der Waals surface area contributed by atoms with E-state index in [1.54, 1.807) is 18.2 Å². The normalized spacial score (nSPS) is 14.9. The molecule has 1 aliphatic rings. The van der Waals surface area contributed by atoms with Crippen LogP contribution in [-0.2, 0) is 32.6 Å². The van der Waals surface area contributed by atoms with E-state index in [0.29, 0.717) is 20.6 Å². The molecule has 3 aromatic rings. The first-order valence-corrected chi connectivity index (χ1v) is 16.4.